The zero-order chi connectivity index (χ0) is 29.9. The second-order valence-electron chi connectivity index (χ2n) is 12.0. The van der Waals surface area contributed by atoms with E-state index in [2.05, 4.69) is 169 Å². The lowest BCUT2D eigenvalue weighted by molar-refractivity contribution is 1.15. The summed E-state index contributed by atoms with van der Waals surface area (Å²) in [7, 11) is 0. The van der Waals surface area contributed by atoms with E-state index >= 15 is 0 Å². The van der Waals surface area contributed by atoms with Crippen LogP contribution < -0.4 is 0 Å². The summed E-state index contributed by atoms with van der Waals surface area (Å²) in [6.07, 6.45) is 0.957. The van der Waals surface area contributed by atoms with E-state index in [4.69, 9.17) is 0 Å². The smallest absolute Gasteiger partial charge is 0.0541 e. The summed E-state index contributed by atoms with van der Waals surface area (Å²) in [4.78, 5) is 0. The summed E-state index contributed by atoms with van der Waals surface area (Å²) in [5, 5.41) is 10.3. The zero-order valence-corrected chi connectivity index (χ0v) is 25.2. The van der Waals surface area contributed by atoms with Crippen molar-refractivity contribution in [3.63, 3.8) is 0 Å². The number of para-hydroxylation sites is 2. The zero-order valence-electron chi connectivity index (χ0n) is 25.2. The molecule has 0 aliphatic carbocycles. The molecule has 0 bridgehead atoms. The topological polar surface area (TPSA) is 4.93 Å². The molecule has 0 amide bonds. The molecule has 0 spiro atoms. The maximum Gasteiger partial charge on any atom is 0.0541 e. The Bertz CT molecular complexity index is 2460. The lowest BCUT2D eigenvalue weighted by Crippen LogP contribution is -1.96. The van der Waals surface area contributed by atoms with E-state index in [-0.39, 0.29) is 0 Å². The molecular formula is C44H31N. The Labute approximate surface area is 262 Å². The minimum atomic E-state index is 0.957. The van der Waals surface area contributed by atoms with Gasteiger partial charge in [-0.3, -0.25) is 0 Å². The van der Waals surface area contributed by atoms with E-state index in [0.29, 0.717) is 0 Å². The fourth-order valence-electron chi connectivity index (χ4n) is 7.55. The SMILES string of the molecule is CCc1cc(-c2c3ccccc3c(-c3ccccc3)c3ccccc23)cc2ccc(-n3c4ccccc4c4ccccc43)cc12. The maximum atomic E-state index is 2.44. The van der Waals surface area contributed by atoms with Crippen LogP contribution in [-0.4, -0.2) is 4.57 Å². The molecule has 8 aromatic carbocycles. The first kappa shape index (κ1) is 25.8. The first-order chi connectivity index (χ1) is 22.3. The van der Waals surface area contributed by atoms with Crippen LogP contribution in [0, 0.1) is 0 Å². The summed E-state index contributed by atoms with van der Waals surface area (Å²) in [5.74, 6) is 0. The lowest BCUT2D eigenvalue weighted by atomic mass is 9.85. The van der Waals surface area contributed by atoms with Crippen molar-refractivity contribution < 1.29 is 0 Å². The molecule has 0 fully saturated rings. The van der Waals surface area contributed by atoms with Crippen molar-refractivity contribution in [1.29, 1.82) is 0 Å². The average molecular weight is 574 g/mol. The first-order valence-electron chi connectivity index (χ1n) is 15.8. The van der Waals surface area contributed by atoms with Crippen molar-refractivity contribution in [1.82, 2.24) is 4.57 Å². The number of aromatic nitrogens is 1. The minimum absolute atomic E-state index is 0.957. The highest BCUT2D eigenvalue weighted by atomic mass is 15.0. The predicted molar refractivity (Wildman–Crippen MR) is 194 cm³/mol. The molecule has 212 valence electrons. The molecule has 9 aromatic rings. The molecule has 0 aliphatic heterocycles. The van der Waals surface area contributed by atoms with E-state index in [1.807, 2.05) is 0 Å². The van der Waals surface area contributed by atoms with Crippen LogP contribution in [0.4, 0.5) is 0 Å². The van der Waals surface area contributed by atoms with E-state index in [9.17, 15) is 0 Å². The molecular weight excluding hydrogens is 542 g/mol. The van der Waals surface area contributed by atoms with Crippen LogP contribution in [0.5, 0.6) is 0 Å². The molecule has 45 heavy (non-hydrogen) atoms. The molecule has 1 heterocycles. The Morgan fingerprint density at radius 2 is 0.889 bits per heavy atom. The molecule has 1 nitrogen and oxygen atoms in total. The van der Waals surface area contributed by atoms with Crippen LogP contribution >= 0.6 is 0 Å². The van der Waals surface area contributed by atoms with Gasteiger partial charge in [0, 0.05) is 16.5 Å². The van der Waals surface area contributed by atoms with Crippen LogP contribution in [-0.2, 0) is 6.42 Å². The van der Waals surface area contributed by atoms with Crippen molar-refractivity contribution in [2.45, 2.75) is 13.3 Å². The van der Waals surface area contributed by atoms with Crippen LogP contribution in [0.25, 0.3) is 82.1 Å². The highest BCUT2D eigenvalue weighted by Crippen LogP contribution is 2.44. The van der Waals surface area contributed by atoms with Crippen LogP contribution in [0.15, 0.2) is 158 Å². The lowest BCUT2D eigenvalue weighted by Gasteiger charge is -2.19. The van der Waals surface area contributed by atoms with Crippen LogP contribution in [0.2, 0.25) is 0 Å². The molecule has 0 aliphatic rings. The Balaban J connectivity index is 1.31. The van der Waals surface area contributed by atoms with Gasteiger partial charge in [-0.25, -0.2) is 0 Å². The summed E-state index contributed by atoms with van der Waals surface area (Å²) in [5.41, 5.74) is 10.2. The third-order valence-electron chi connectivity index (χ3n) is 9.53. The number of fused-ring (bicyclic) bond motifs is 6. The molecule has 0 radical (unpaired) electrons. The number of benzene rings is 8. The Morgan fingerprint density at radius 3 is 1.44 bits per heavy atom. The third kappa shape index (κ3) is 3.94. The monoisotopic (exact) mass is 573 g/mol. The van der Waals surface area contributed by atoms with Crippen LogP contribution in [0.3, 0.4) is 0 Å². The van der Waals surface area contributed by atoms with Crippen molar-refractivity contribution >= 4 is 54.1 Å². The fourth-order valence-corrected chi connectivity index (χ4v) is 7.55. The first-order valence-corrected chi connectivity index (χ1v) is 15.8. The molecule has 0 saturated heterocycles. The quantitative estimate of drug-likeness (QED) is 0.185. The standard InChI is InChI=1S/C44H31N/c1-2-29-26-32(44-38-20-8-6-18-36(38)43(30-14-4-3-5-15-30)37-19-7-9-21-39(37)44)27-31-24-25-33(28-40(29)31)45-41-22-12-10-16-34(41)35-17-11-13-23-42(35)45/h3-28H,2H2,1H3. The number of hydrogen-bond donors (Lipinski definition) is 0. The molecule has 1 heteroatoms. The van der Waals surface area contributed by atoms with Gasteiger partial charge in [-0.05, 0) is 96.9 Å². The van der Waals surface area contributed by atoms with Gasteiger partial charge < -0.3 is 4.57 Å². The van der Waals surface area contributed by atoms with Gasteiger partial charge in [0.2, 0.25) is 0 Å². The predicted octanol–water partition coefficient (Wildman–Crippen LogP) is 12.1. The van der Waals surface area contributed by atoms with Gasteiger partial charge in [0.25, 0.3) is 0 Å². The number of nitrogens with zero attached hydrogens (tertiary/aromatic N) is 1. The molecule has 0 N–H and O–H groups in total. The molecule has 9 rings (SSSR count). The summed E-state index contributed by atoms with van der Waals surface area (Å²) < 4.78 is 2.42. The van der Waals surface area contributed by atoms with Crippen molar-refractivity contribution in [3.05, 3.63) is 163 Å². The van der Waals surface area contributed by atoms with E-state index in [1.54, 1.807) is 0 Å². The summed E-state index contributed by atoms with van der Waals surface area (Å²) >= 11 is 0. The van der Waals surface area contributed by atoms with Gasteiger partial charge in [0.05, 0.1) is 11.0 Å². The Kier molecular flexibility index (Phi) is 5.86. The number of rotatable bonds is 4. The molecule has 1 aromatic heterocycles. The van der Waals surface area contributed by atoms with Gasteiger partial charge in [-0.15, -0.1) is 0 Å². The number of aryl methyl sites for hydroxylation is 1. The Hall–Kier alpha value is -5.66. The van der Waals surface area contributed by atoms with E-state index < -0.39 is 0 Å². The highest BCUT2D eigenvalue weighted by Gasteiger charge is 2.18. The van der Waals surface area contributed by atoms with Crippen molar-refractivity contribution in [2.24, 2.45) is 0 Å². The van der Waals surface area contributed by atoms with E-state index in [1.165, 1.54) is 87.6 Å². The summed E-state index contributed by atoms with van der Waals surface area (Å²) in [6.45, 7) is 2.28. The fraction of sp³-hybridized carbons (Fsp3) is 0.0455. The average Bonchev–Trinajstić information content (AvgIpc) is 3.44. The summed E-state index contributed by atoms with van der Waals surface area (Å²) in [6, 6.07) is 58.0. The second kappa shape index (κ2) is 10.2. The molecule has 0 atom stereocenters. The third-order valence-corrected chi connectivity index (χ3v) is 9.53. The largest absolute Gasteiger partial charge is 0.309 e. The normalized spacial score (nSPS) is 11.8. The maximum absolute atomic E-state index is 2.44. The highest BCUT2D eigenvalue weighted by molar-refractivity contribution is 6.22. The van der Waals surface area contributed by atoms with Gasteiger partial charge in [0.1, 0.15) is 0 Å². The molecule has 0 saturated carbocycles. The van der Waals surface area contributed by atoms with Crippen LogP contribution in [0.1, 0.15) is 12.5 Å². The second-order valence-corrected chi connectivity index (χ2v) is 12.0. The van der Waals surface area contributed by atoms with Gasteiger partial charge >= 0.3 is 0 Å². The van der Waals surface area contributed by atoms with Gasteiger partial charge in [0.15, 0.2) is 0 Å². The number of hydrogen-bond acceptors (Lipinski definition) is 0. The van der Waals surface area contributed by atoms with Crippen molar-refractivity contribution in [3.8, 4) is 27.9 Å². The van der Waals surface area contributed by atoms with Gasteiger partial charge in [-0.2, -0.15) is 0 Å². The van der Waals surface area contributed by atoms with Gasteiger partial charge in [-0.1, -0.05) is 134 Å². The Morgan fingerprint density at radius 1 is 0.400 bits per heavy atom. The minimum Gasteiger partial charge on any atom is -0.309 e. The molecule has 0 unspecified atom stereocenters. The van der Waals surface area contributed by atoms with E-state index in [0.717, 1.165) is 6.42 Å². The van der Waals surface area contributed by atoms with Crippen molar-refractivity contribution in [2.75, 3.05) is 0 Å².